The Hall–Kier alpha value is -1.89. The molecule has 7 heteroatoms. The smallest absolute Gasteiger partial charge is 0.312 e. The van der Waals surface area contributed by atoms with E-state index in [2.05, 4.69) is 32.2 Å². The summed E-state index contributed by atoms with van der Waals surface area (Å²) in [4.78, 5) is 42.7. The van der Waals surface area contributed by atoms with Crippen molar-refractivity contribution in [2.45, 2.75) is 59.9 Å². The van der Waals surface area contributed by atoms with Gasteiger partial charge in [0.15, 0.2) is 0 Å². The minimum Gasteiger partial charge on any atom is -0.346 e. The fourth-order valence-electron chi connectivity index (χ4n) is 4.10. The molecule has 1 aliphatic heterocycles. The molecular weight excluding hydrogens is 386 g/mol. The van der Waals surface area contributed by atoms with Crippen molar-refractivity contribution in [3.63, 3.8) is 0 Å². The van der Waals surface area contributed by atoms with Gasteiger partial charge in [-0.2, -0.15) is 0 Å². The minimum absolute atomic E-state index is 0.0513. The van der Waals surface area contributed by atoms with Crippen LogP contribution in [0.5, 0.6) is 0 Å². The maximum Gasteiger partial charge on any atom is 0.312 e. The Morgan fingerprint density at radius 1 is 1.10 bits per heavy atom. The summed E-state index contributed by atoms with van der Waals surface area (Å²) in [7, 11) is 0. The van der Waals surface area contributed by atoms with E-state index in [1.807, 2.05) is 18.7 Å². The number of aryl methyl sites for hydroxylation is 1. The van der Waals surface area contributed by atoms with Crippen LogP contribution in [-0.4, -0.2) is 59.7 Å². The molecule has 1 N–H and O–H groups in total. The summed E-state index contributed by atoms with van der Waals surface area (Å²) < 4.78 is 0. The van der Waals surface area contributed by atoms with E-state index in [4.69, 9.17) is 0 Å². The summed E-state index contributed by atoms with van der Waals surface area (Å²) in [6, 6.07) is 2.02. The van der Waals surface area contributed by atoms with Gasteiger partial charge in [0.1, 0.15) is 0 Å². The third-order valence-electron chi connectivity index (χ3n) is 5.99. The second kappa shape index (κ2) is 8.46. The Bertz CT molecular complexity index is 786. The Balaban J connectivity index is 1.59. The molecule has 2 heterocycles. The lowest BCUT2D eigenvalue weighted by Gasteiger charge is -2.34. The molecule has 1 aliphatic carbocycles. The number of nitrogens with one attached hydrogen (secondary N) is 1. The summed E-state index contributed by atoms with van der Waals surface area (Å²) in [5.41, 5.74) is 1.62. The molecule has 0 saturated carbocycles. The molecule has 0 spiro atoms. The number of hydrogen-bond donors (Lipinski definition) is 1. The predicted octanol–water partition coefficient (Wildman–Crippen LogP) is 2.71. The van der Waals surface area contributed by atoms with Crippen LogP contribution in [0.3, 0.4) is 0 Å². The minimum atomic E-state index is -0.570. The Morgan fingerprint density at radius 3 is 2.31 bits per heavy atom. The molecule has 0 bridgehead atoms. The third-order valence-corrected chi connectivity index (χ3v) is 7.21. The number of carbonyl (C=O) groups excluding carboxylic acids is 3. The average Bonchev–Trinajstić information content (AvgIpc) is 3.09. The van der Waals surface area contributed by atoms with Crippen molar-refractivity contribution in [1.29, 1.82) is 0 Å². The van der Waals surface area contributed by atoms with Crippen LogP contribution in [0.2, 0.25) is 0 Å². The number of piperazine rings is 1. The SMILES string of the molecule is CC(C)NC(=O)C(=O)N1CCN(C(=O)c2cc3c(s2)CCC(C(C)(C)C)C3)CC1. The monoisotopic (exact) mass is 419 g/mol. The van der Waals surface area contributed by atoms with Crippen LogP contribution in [0.15, 0.2) is 6.07 Å². The molecule has 1 fully saturated rings. The molecule has 3 amide bonds. The van der Waals surface area contributed by atoms with E-state index in [-0.39, 0.29) is 17.4 Å². The van der Waals surface area contributed by atoms with E-state index in [1.54, 1.807) is 11.3 Å². The molecule has 6 nitrogen and oxygen atoms in total. The Kier molecular flexibility index (Phi) is 6.36. The van der Waals surface area contributed by atoms with Crippen molar-refractivity contribution in [2.24, 2.45) is 11.3 Å². The largest absolute Gasteiger partial charge is 0.346 e. The first-order chi connectivity index (χ1) is 13.6. The second-order valence-electron chi connectivity index (χ2n) is 9.58. The van der Waals surface area contributed by atoms with Crippen molar-refractivity contribution >= 4 is 29.1 Å². The van der Waals surface area contributed by atoms with Gasteiger partial charge in [-0.1, -0.05) is 20.8 Å². The van der Waals surface area contributed by atoms with Crippen molar-refractivity contribution < 1.29 is 14.4 Å². The van der Waals surface area contributed by atoms with E-state index in [9.17, 15) is 14.4 Å². The summed E-state index contributed by atoms with van der Waals surface area (Å²) in [6.45, 7) is 12.3. The topological polar surface area (TPSA) is 69.7 Å². The van der Waals surface area contributed by atoms with Gasteiger partial charge in [0, 0.05) is 37.1 Å². The quantitative estimate of drug-likeness (QED) is 0.750. The van der Waals surface area contributed by atoms with Crippen molar-refractivity contribution in [2.75, 3.05) is 26.2 Å². The van der Waals surface area contributed by atoms with Gasteiger partial charge < -0.3 is 15.1 Å². The summed E-state index contributed by atoms with van der Waals surface area (Å²) >= 11 is 1.63. The van der Waals surface area contributed by atoms with E-state index in [0.29, 0.717) is 32.1 Å². The van der Waals surface area contributed by atoms with Gasteiger partial charge in [0.2, 0.25) is 0 Å². The summed E-state index contributed by atoms with van der Waals surface area (Å²) in [6.07, 6.45) is 3.29. The number of amides is 3. The second-order valence-corrected chi connectivity index (χ2v) is 10.7. The van der Waals surface area contributed by atoms with Crippen LogP contribution in [-0.2, 0) is 22.4 Å². The molecule has 1 atom stereocenters. The Morgan fingerprint density at radius 2 is 1.72 bits per heavy atom. The first kappa shape index (κ1) is 21.8. The van der Waals surface area contributed by atoms with Crippen LogP contribution in [0.4, 0.5) is 0 Å². The molecule has 1 saturated heterocycles. The third kappa shape index (κ3) is 5.00. The lowest BCUT2D eigenvalue weighted by Crippen LogP contribution is -2.54. The molecule has 0 aromatic carbocycles. The Labute approximate surface area is 177 Å². The molecule has 0 radical (unpaired) electrons. The number of carbonyl (C=O) groups is 3. The summed E-state index contributed by atoms with van der Waals surface area (Å²) in [5, 5.41) is 2.63. The number of nitrogens with zero attached hydrogens (tertiary/aromatic N) is 2. The summed E-state index contributed by atoms with van der Waals surface area (Å²) in [5.74, 6) is -0.376. The van der Waals surface area contributed by atoms with Crippen LogP contribution < -0.4 is 5.32 Å². The molecule has 1 aromatic rings. The van der Waals surface area contributed by atoms with E-state index < -0.39 is 11.8 Å². The fraction of sp³-hybridized carbons (Fsp3) is 0.682. The zero-order chi connectivity index (χ0) is 21.3. The van der Waals surface area contributed by atoms with E-state index in [1.165, 1.54) is 21.8 Å². The number of thiophene rings is 1. The average molecular weight is 420 g/mol. The van der Waals surface area contributed by atoms with Crippen LogP contribution in [0.25, 0.3) is 0 Å². The van der Waals surface area contributed by atoms with Crippen LogP contribution >= 0.6 is 11.3 Å². The normalized spacial score (nSPS) is 19.9. The van der Waals surface area contributed by atoms with Crippen molar-refractivity contribution in [3.8, 4) is 0 Å². The standard InChI is InChI=1S/C22H33N3O3S/c1-14(2)23-19(26)21(28)25-10-8-24(9-11-25)20(27)18-13-15-12-16(22(3,4)5)6-7-17(15)29-18/h13-14,16H,6-12H2,1-5H3,(H,23,26). The zero-order valence-corrected chi connectivity index (χ0v) is 19.0. The maximum atomic E-state index is 13.0. The van der Waals surface area contributed by atoms with Crippen molar-refractivity contribution in [3.05, 3.63) is 21.4 Å². The van der Waals surface area contributed by atoms with Gasteiger partial charge in [0.05, 0.1) is 4.88 Å². The van der Waals surface area contributed by atoms with E-state index >= 15 is 0 Å². The number of hydrogen-bond acceptors (Lipinski definition) is 4. The van der Waals surface area contributed by atoms with Gasteiger partial charge in [0.25, 0.3) is 5.91 Å². The van der Waals surface area contributed by atoms with Crippen molar-refractivity contribution in [1.82, 2.24) is 15.1 Å². The van der Waals surface area contributed by atoms with Crippen LogP contribution in [0, 0.1) is 11.3 Å². The van der Waals surface area contributed by atoms with E-state index in [0.717, 1.165) is 17.7 Å². The molecule has 2 aliphatic rings. The first-order valence-electron chi connectivity index (χ1n) is 10.6. The lowest BCUT2D eigenvalue weighted by atomic mass is 9.72. The molecular formula is C22H33N3O3S. The van der Waals surface area contributed by atoms with Gasteiger partial charge in [-0.25, -0.2) is 0 Å². The maximum absolute atomic E-state index is 13.0. The number of rotatable bonds is 2. The highest BCUT2D eigenvalue weighted by Gasteiger charge is 2.32. The van der Waals surface area contributed by atoms with Gasteiger partial charge >= 0.3 is 11.8 Å². The first-order valence-corrected chi connectivity index (χ1v) is 11.4. The highest BCUT2D eigenvalue weighted by atomic mass is 32.1. The van der Waals surface area contributed by atoms with Gasteiger partial charge in [-0.15, -0.1) is 11.3 Å². The fourth-order valence-corrected chi connectivity index (χ4v) is 5.28. The predicted molar refractivity (Wildman–Crippen MR) is 115 cm³/mol. The highest BCUT2D eigenvalue weighted by molar-refractivity contribution is 7.14. The van der Waals surface area contributed by atoms with Crippen LogP contribution in [0.1, 0.15) is 61.2 Å². The lowest BCUT2D eigenvalue weighted by molar-refractivity contribution is -0.147. The van der Waals surface area contributed by atoms with Gasteiger partial charge in [-0.3, -0.25) is 14.4 Å². The molecule has 3 rings (SSSR count). The molecule has 29 heavy (non-hydrogen) atoms. The molecule has 1 aromatic heterocycles. The van der Waals surface area contributed by atoms with Gasteiger partial charge in [-0.05, 0) is 56.1 Å². The number of fused-ring (bicyclic) bond motifs is 1. The zero-order valence-electron chi connectivity index (χ0n) is 18.2. The highest BCUT2D eigenvalue weighted by Crippen LogP contribution is 2.40. The molecule has 1 unspecified atom stereocenters. The molecule has 160 valence electrons.